The van der Waals surface area contributed by atoms with E-state index in [9.17, 15) is 0 Å². The van der Waals surface area contributed by atoms with E-state index in [0.29, 0.717) is 13.2 Å². The standard InChI is InChI=1S/C15H16N2O2/c1-18-10-2-4-12-13-5-3-11(19-7-6-16)9-15(13)17-14(12)8-10/h2-5,8-9,17H,6-7,16H2,1H3. The third kappa shape index (κ3) is 2.11. The Hall–Kier alpha value is -2.20. The van der Waals surface area contributed by atoms with Crippen LogP contribution in [0.5, 0.6) is 11.5 Å². The first-order valence-corrected chi connectivity index (χ1v) is 6.24. The molecule has 3 N–H and O–H groups in total. The summed E-state index contributed by atoms with van der Waals surface area (Å²) >= 11 is 0. The Morgan fingerprint density at radius 1 is 1.00 bits per heavy atom. The van der Waals surface area contributed by atoms with E-state index in [2.05, 4.69) is 17.1 Å². The highest BCUT2D eigenvalue weighted by Gasteiger charge is 2.06. The van der Waals surface area contributed by atoms with E-state index < -0.39 is 0 Å². The van der Waals surface area contributed by atoms with Crippen molar-refractivity contribution in [1.82, 2.24) is 4.98 Å². The molecule has 3 aromatic rings. The molecule has 0 bridgehead atoms. The lowest BCUT2D eigenvalue weighted by molar-refractivity contribution is 0.329. The van der Waals surface area contributed by atoms with Gasteiger partial charge in [-0.2, -0.15) is 0 Å². The fourth-order valence-corrected chi connectivity index (χ4v) is 2.26. The predicted molar refractivity (Wildman–Crippen MR) is 76.9 cm³/mol. The first kappa shape index (κ1) is 11.9. The zero-order valence-corrected chi connectivity index (χ0v) is 10.8. The third-order valence-corrected chi connectivity index (χ3v) is 3.16. The Bertz CT molecular complexity index is 719. The van der Waals surface area contributed by atoms with Crippen LogP contribution >= 0.6 is 0 Å². The van der Waals surface area contributed by atoms with Crippen LogP contribution in [-0.4, -0.2) is 25.2 Å². The van der Waals surface area contributed by atoms with Crippen molar-refractivity contribution in [3.63, 3.8) is 0 Å². The van der Waals surface area contributed by atoms with Gasteiger partial charge in [-0.3, -0.25) is 0 Å². The lowest BCUT2D eigenvalue weighted by Crippen LogP contribution is -2.10. The summed E-state index contributed by atoms with van der Waals surface area (Å²) in [6, 6.07) is 12.1. The first-order chi connectivity index (χ1) is 9.31. The normalized spacial score (nSPS) is 11.1. The Morgan fingerprint density at radius 2 is 1.63 bits per heavy atom. The van der Waals surface area contributed by atoms with Gasteiger partial charge >= 0.3 is 0 Å². The van der Waals surface area contributed by atoms with Gasteiger partial charge in [-0.15, -0.1) is 0 Å². The molecule has 0 saturated heterocycles. The van der Waals surface area contributed by atoms with Crippen molar-refractivity contribution in [3.05, 3.63) is 36.4 Å². The molecule has 3 rings (SSSR count). The lowest BCUT2D eigenvalue weighted by atomic mass is 10.1. The molecule has 0 spiro atoms. The summed E-state index contributed by atoms with van der Waals surface area (Å²) in [4.78, 5) is 3.38. The molecular weight excluding hydrogens is 240 g/mol. The smallest absolute Gasteiger partial charge is 0.121 e. The van der Waals surface area contributed by atoms with Gasteiger partial charge in [0.25, 0.3) is 0 Å². The van der Waals surface area contributed by atoms with Crippen molar-refractivity contribution < 1.29 is 9.47 Å². The van der Waals surface area contributed by atoms with E-state index in [1.807, 2.05) is 24.3 Å². The van der Waals surface area contributed by atoms with E-state index in [1.165, 1.54) is 10.8 Å². The number of aromatic amines is 1. The van der Waals surface area contributed by atoms with E-state index in [1.54, 1.807) is 7.11 Å². The SMILES string of the molecule is COc1ccc2c(c1)[nH]c1cc(OCCN)ccc12. The highest BCUT2D eigenvalue weighted by Crippen LogP contribution is 2.30. The molecular formula is C15H16N2O2. The molecule has 0 unspecified atom stereocenters. The number of aromatic nitrogens is 1. The second-order valence-corrected chi connectivity index (χ2v) is 4.38. The molecule has 1 aromatic heterocycles. The quantitative estimate of drug-likeness (QED) is 0.754. The maximum atomic E-state index is 5.53. The summed E-state index contributed by atoms with van der Waals surface area (Å²) in [5.41, 5.74) is 7.55. The topological polar surface area (TPSA) is 60.3 Å². The van der Waals surface area contributed by atoms with Gasteiger partial charge in [-0.1, -0.05) is 0 Å². The van der Waals surface area contributed by atoms with Crippen LogP contribution in [0.3, 0.4) is 0 Å². The number of methoxy groups -OCH3 is 1. The second-order valence-electron chi connectivity index (χ2n) is 4.38. The van der Waals surface area contributed by atoms with Crippen molar-refractivity contribution in [2.75, 3.05) is 20.3 Å². The number of ether oxygens (including phenoxy) is 2. The Kier molecular flexibility index (Phi) is 3.01. The van der Waals surface area contributed by atoms with Crippen LogP contribution in [0, 0.1) is 0 Å². The van der Waals surface area contributed by atoms with Crippen LogP contribution in [0.15, 0.2) is 36.4 Å². The van der Waals surface area contributed by atoms with E-state index in [0.717, 1.165) is 22.5 Å². The molecule has 0 aliphatic carbocycles. The number of hydrogen-bond acceptors (Lipinski definition) is 3. The number of hydrogen-bond donors (Lipinski definition) is 2. The summed E-state index contributed by atoms with van der Waals surface area (Å²) < 4.78 is 10.8. The largest absolute Gasteiger partial charge is 0.497 e. The van der Waals surface area contributed by atoms with Crippen molar-refractivity contribution in [2.24, 2.45) is 5.73 Å². The Labute approximate surface area is 111 Å². The van der Waals surface area contributed by atoms with Crippen LogP contribution < -0.4 is 15.2 Å². The molecule has 0 saturated carbocycles. The fourth-order valence-electron chi connectivity index (χ4n) is 2.26. The van der Waals surface area contributed by atoms with Gasteiger partial charge in [0, 0.05) is 29.4 Å². The molecule has 0 radical (unpaired) electrons. The van der Waals surface area contributed by atoms with Crippen molar-refractivity contribution >= 4 is 21.8 Å². The van der Waals surface area contributed by atoms with Crippen molar-refractivity contribution in [1.29, 1.82) is 0 Å². The van der Waals surface area contributed by atoms with Gasteiger partial charge in [0.1, 0.15) is 18.1 Å². The molecule has 19 heavy (non-hydrogen) atoms. The second kappa shape index (κ2) is 4.82. The zero-order valence-electron chi connectivity index (χ0n) is 10.8. The zero-order chi connectivity index (χ0) is 13.2. The minimum absolute atomic E-state index is 0.516. The van der Waals surface area contributed by atoms with E-state index >= 15 is 0 Å². The van der Waals surface area contributed by atoms with Gasteiger partial charge in [-0.25, -0.2) is 0 Å². The average Bonchev–Trinajstić information content (AvgIpc) is 2.81. The molecule has 1 heterocycles. The number of fused-ring (bicyclic) bond motifs is 3. The summed E-state index contributed by atoms with van der Waals surface area (Å²) in [5, 5.41) is 2.36. The average molecular weight is 256 g/mol. The number of nitrogens with one attached hydrogen (secondary N) is 1. The predicted octanol–water partition coefficient (Wildman–Crippen LogP) is 2.67. The van der Waals surface area contributed by atoms with E-state index in [4.69, 9.17) is 15.2 Å². The van der Waals surface area contributed by atoms with Crippen LogP contribution in [-0.2, 0) is 0 Å². The van der Waals surface area contributed by atoms with Gasteiger partial charge in [0.15, 0.2) is 0 Å². The maximum Gasteiger partial charge on any atom is 0.121 e. The molecule has 0 amide bonds. The van der Waals surface area contributed by atoms with Crippen molar-refractivity contribution in [2.45, 2.75) is 0 Å². The third-order valence-electron chi connectivity index (χ3n) is 3.16. The van der Waals surface area contributed by atoms with Crippen LogP contribution in [0.1, 0.15) is 0 Å². The van der Waals surface area contributed by atoms with Crippen molar-refractivity contribution in [3.8, 4) is 11.5 Å². The van der Waals surface area contributed by atoms with Gasteiger partial charge in [-0.05, 0) is 24.3 Å². The first-order valence-electron chi connectivity index (χ1n) is 6.24. The summed E-state index contributed by atoms with van der Waals surface area (Å²) in [7, 11) is 1.67. The van der Waals surface area contributed by atoms with Crippen LogP contribution in [0.25, 0.3) is 21.8 Å². The number of rotatable bonds is 4. The highest BCUT2D eigenvalue weighted by molar-refractivity contribution is 6.07. The van der Waals surface area contributed by atoms with Crippen LogP contribution in [0.4, 0.5) is 0 Å². The maximum absolute atomic E-state index is 5.53. The van der Waals surface area contributed by atoms with Gasteiger partial charge < -0.3 is 20.2 Å². The number of nitrogens with two attached hydrogens (primary N) is 1. The molecule has 2 aromatic carbocycles. The Balaban J connectivity index is 2.10. The number of benzene rings is 2. The molecule has 4 heteroatoms. The number of H-pyrrole nitrogens is 1. The highest BCUT2D eigenvalue weighted by atomic mass is 16.5. The summed E-state index contributed by atoms with van der Waals surface area (Å²) in [6.07, 6.45) is 0. The fraction of sp³-hybridized carbons (Fsp3) is 0.200. The minimum Gasteiger partial charge on any atom is -0.497 e. The molecule has 0 aliphatic heterocycles. The molecule has 0 aliphatic rings. The molecule has 0 atom stereocenters. The van der Waals surface area contributed by atoms with E-state index in [-0.39, 0.29) is 0 Å². The van der Waals surface area contributed by atoms with Gasteiger partial charge in [0.05, 0.1) is 18.1 Å². The Morgan fingerprint density at radius 3 is 2.26 bits per heavy atom. The summed E-state index contributed by atoms with van der Waals surface area (Å²) in [5.74, 6) is 1.68. The minimum atomic E-state index is 0.516. The lowest BCUT2D eigenvalue weighted by Gasteiger charge is -2.03. The van der Waals surface area contributed by atoms with Gasteiger partial charge in [0.2, 0.25) is 0 Å². The monoisotopic (exact) mass is 256 g/mol. The van der Waals surface area contributed by atoms with Crippen LogP contribution in [0.2, 0.25) is 0 Å². The molecule has 98 valence electrons. The molecule has 4 nitrogen and oxygen atoms in total. The summed E-state index contributed by atoms with van der Waals surface area (Å²) in [6.45, 7) is 1.04. The molecule has 0 fully saturated rings.